The molecule has 0 atom stereocenters. The fourth-order valence-electron chi connectivity index (χ4n) is 6.55. The first-order valence-electron chi connectivity index (χ1n) is 14.9. The van der Waals surface area contributed by atoms with E-state index in [2.05, 4.69) is 122 Å². The maximum Gasteiger partial charge on any atom is 0.0465 e. The molecule has 0 bridgehead atoms. The first-order valence-corrected chi connectivity index (χ1v) is 14.9. The molecule has 0 heterocycles. The average Bonchev–Trinajstić information content (AvgIpc) is 3.24. The van der Waals surface area contributed by atoms with Crippen LogP contribution in [0.5, 0.6) is 0 Å². The zero-order valence-corrected chi connectivity index (χ0v) is 23.3. The van der Waals surface area contributed by atoms with Crippen LogP contribution in [0, 0.1) is 0 Å². The van der Waals surface area contributed by atoms with E-state index in [-0.39, 0.29) is 5.41 Å². The lowest BCUT2D eigenvalue weighted by Gasteiger charge is -2.34. The van der Waals surface area contributed by atoms with Crippen LogP contribution >= 0.6 is 0 Å². The lowest BCUT2D eigenvalue weighted by molar-refractivity contribution is 0.401. The third-order valence-corrected chi connectivity index (χ3v) is 8.45. The first-order chi connectivity index (χ1) is 18.8. The second kappa shape index (κ2) is 12.5. The standard InChI is InChI=1S/C37H43N/c1-3-5-7-17-27-37(28-18-8-6-4-2)35-24-16-15-23-33(35)34-26-25-32(29-36(34)37)38(30-19-11-9-12-20-30)31-21-13-10-14-22-31/h9-16,19-26,29H,3-8,17-18,27-28H2,1-2H3. The van der Waals surface area contributed by atoms with E-state index in [1.165, 1.54) is 92.4 Å². The van der Waals surface area contributed by atoms with Gasteiger partial charge in [-0.2, -0.15) is 0 Å². The molecular weight excluding hydrogens is 458 g/mol. The van der Waals surface area contributed by atoms with Crippen molar-refractivity contribution in [1.29, 1.82) is 0 Å². The van der Waals surface area contributed by atoms with Crippen molar-refractivity contribution in [3.63, 3.8) is 0 Å². The minimum Gasteiger partial charge on any atom is -0.310 e. The number of rotatable bonds is 13. The first kappa shape index (κ1) is 26.3. The molecule has 0 unspecified atom stereocenters. The summed E-state index contributed by atoms with van der Waals surface area (Å²) in [6.07, 6.45) is 12.9. The molecule has 5 rings (SSSR count). The van der Waals surface area contributed by atoms with Crippen LogP contribution in [0.3, 0.4) is 0 Å². The van der Waals surface area contributed by atoms with Crippen molar-refractivity contribution < 1.29 is 0 Å². The van der Waals surface area contributed by atoms with Crippen LogP contribution in [0.4, 0.5) is 17.1 Å². The molecular formula is C37H43N. The number of unbranched alkanes of at least 4 members (excludes halogenated alkanes) is 6. The SMILES string of the molecule is CCCCCCC1(CCCCCC)c2ccccc2-c2ccc(N(c3ccccc3)c3ccccc3)cc21. The van der Waals surface area contributed by atoms with E-state index in [0.29, 0.717) is 0 Å². The van der Waals surface area contributed by atoms with Gasteiger partial charge < -0.3 is 4.90 Å². The Labute approximate surface area is 230 Å². The van der Waals surface area contributed by atoms with Crippen molar-refractivity contribution in [2.75, 3.05) is 4.90 Å². The Hall–Kier alpha value is -3.32. The van der Waals surface area contributed by atoms with Crippen molar-refractivity contribution in [3.05, 3.63) is 114 Å². The third kappa shape index (κ3) is 5.30. The maximum absolute atomic E-state index is 2.54. The second-order valence-electron chi connectivity index (χ2n) is 11.0. The highest BCUT2D eigenvalue weighted by Gasteiger charge is 2.42. The van der Waals surface area contributed by atoms with Crippen LogP contribution in [-0.4, -0.2) is 0 Å². The van der Waals surface area contributed by atoms with Crippen LogP contribution in [0.1, 0.15) is 89.2 Å². The highest BCUT2D eigenvalue weighted by atomic mass is 15.1. The molecule has 1 aliphatic carbocycles. The quantitative estimate of drug-likeness (QED) is 0.165. The van der Waals surface area contributed by atoms with E-state index >= 15 is 0 Å². The maximum atomic E-state index is 2.54. The summed E-state index contributed by atoms with van der Waals surface area (Å²) in [7, 11) is 0. The van der Waals surface area contributed by atoms with E-state index in [9.17, 15) is 0 Å². The molecule has 1 nitrogen and oxygen atoms in total. The van der Waals surface area contributed by atoms with E-state index < -0.39 is 0 Å². The summed E-state index contributed by atoms with van der Waals surface area (Å²) >= 11 is 0. The molecule has 0 saturated carbocycles. The summed E-state index contributed by atoms with van der Waals surface area (Å²) in [6.45, 7) is 4.63. The Kier molecular flexibility index (Phi) is 8.64. The Morgan fingerprint density at radius 3 is 1.58 bits per heavy atom. The van der Waals surface area contributed by atoms with Gasteiger partial charge in [-0.1, -0.05) is 132 Å². The number of fused-ring (bicyclic) bond motifs is 3. The Morgan fingerprint density at radius 2 is 1.00 bits per heavy atom. The smallest absolute Gasteiger partial charge is 0.0465 e. The van der Waals surface area contributed by atoms with Crippen molar-refractivity contribution in [1.82, 2.24) is 0 Å². The monoisotopic (exact) mass is 501 g/mol. The van der Waals surface area contributed by atoms with Gasteiger partial charge >= 0.3 is 0 Å². The van der Waals surface area contributed by atoms with Gasteiger partial charge in [-0.05, 0) is 71.5 Å². The number of nitrogens with zero attached hydrogens (tertiary/aromatic N) is 1. The predicted molar refractivity (Wildman–Crippen MR) is 165 cm³/mol. The van der Waals surface area contributed by atoms with Crippen molar-refractivity contribution in [3.8, 4) is 11.1 Å². The van der Waals surface area contributed by atoms with Crippen LogP contribution in [0.25, 0.3) is 11.1 Å². The molecule has 196 valence electrons. The normalized spacial score (nSPS) is 13.2. The fourth-order valence-corrected chi connectivity index (χ4v) is 6.55. The molecule has 1 aliphatic rings. The van der Waals surface area contributed by atoms with Crippen LogP contribution < -0.4 is 4.90 Å². The molecule has 0 radical (unpaired) electrons. The van der Waals surface area contributed by atoms with Gasteiger partial charge in [-0.15, -0.1) is 0 Å². The zero-order chi connectivity index (χ0) is 26.2. The lowest BCUT2D eigenvalue weighted by atomic mass is 9.70. The molecule has 0 aliphatic heterocycles. The van der Waals surface area contributed by atoms with Crippen LogP contribution in [0.2, 0.25) is 0 Å². The summed E-state index contributed by atoms with van der Waals surface area (Å²) in [5.74, 6) is 0. The van der Waals surface area contributed by atoms with Crippen molar-refractivity contribution in [2.24, 2.45) is 0 Å². The van der Waals surface area contributed by atoms with Gasteiger partial charge in [0.05, 0.1) is 0 Å². The van der Waals surface area contributed by atoms with Gasteiger partial charge in [0.25, 0.3) is 0 Å². The molecule has 0 saturated heterocycles. The van der Waals surface area contributed by atoms with Crippen molar-refractivity contribution in [2.45, 2.75) is 83.5 Å². The highest BCUT2D eigenvalue weighted by Crippen LogP contribution is 2.55. The van der Waals surface area contributed by atoms with Gasteiger partial charge in [0.15, 0.2) is 0 Å². The van der Waals surface area contributed by atoms with Gasteiger partial charge in [0, 0.05) is 22.5 Å². The Balaban J connectivity index is 1.63. The van der Waals surface area contributed by atoms with Crippen molar-refractivity contribution >= 4 is 17.1 Å². The zero-order valence-electron chi connectivity index (χ0n) is 23.3. The molecule has 0 fully saturated rings. The number of anilines is 3. The Morgan fingerprint density at radius 1 is 0.474 bits per heavy atom. The number of hydrogen-bond donors (Lipinski definition) is 0. The molecule has 38 heavy (non-hydrogen) atoms. The van der Waals surface area contributed by atoms with E-state index in [1.54, 1.807) is 11.1 Å². The predicted octanol–water partition coefficient (Wildman–Crippen LogP) is 11.4. The molecule has 1 heteroatoms. The topological polar surface area (TPSA) is 3.24 Å². The van der Waals surface area contributed by atoms with Crippen LogP contribution in [-0.2, 0) is 5.41 Å². The number of benzene rings is 4. The molecule has 0 aromatic heterocycles. The number of hydrogen-bond acceptors (Lipinski definition) is 1. The highest BCUT2D eigenvalue weighted by molar-refractivity contribution is 5.85. The summed E-state index contributed by atoms with van der Waals surface area (Å²) in [4.78, 5) is 2.42. The van der Waals surface area contributed by atoms with Crippen LogP contribution in [0.15, 0.2) is 103 Å². The molecule has 0 N–H and O–H groups in total. The lowest BCUT2D eigenvalue weighted by Crippen LogP contribution is -2.26. The Bertz CT molecular complexity index is 1240. The minimum atomic E-state index is 0.0997. The number of para-hydroxylation sites is 2. The van der Waals surface area contributed by atoms with Gasteiger partial charge in [0.2, 0.25) is 0 Å². The van der Waals surface area contributed by atoms with Gasteiger partial charge in [0.1, 0.15) is 0 Å². The summed E-state index contributed by atoms with van der Waals surface area (Å²) < 4.78 is 0. The summed E-state index contributed by atoms with van der Waals surface area (Å²) in [5, 5.41) is 0. The van der Waals surface area contributed by atoms with E-state index in [1.807, 2.05) is 0 Å². The summed E-state index contributed by atoms with van der Waals surface area (Å²) in [6, 6.07) is 38.2. The molecule has 4 aromatic carbocycles. The minimum absolute atomic E-state index is 0.0997. The van der Waals surface area contributed by atoms with E-state index in [0.717, 1.165) is 0 Å². The molecule has 0 amide bonds. The molecule has 4 aromatic rings. The largest absolute Gasteiger partial charge is 0.310 e. The van der Waals surface area contributed by atoms with E-state index in [4.69, 9.17) is 0 Å². The average molecular weight is 502 g/mol. The summed E-state index contributed by atoms with van der Waals surface area (Å²) in [5.41, 5.74) is 9.74. The third-order valence-electron chi connectivity index (χ3n) is 8.45. The second-order valence-corrected chi connectivity index (χ2v) is 11.0. The molecule has 0 spiro atoms. The van der Waals surface area contributed by atoms with Gasteiger partial charge in [-0.3, -0.25) is 0 Å². The van der Waals surface area contributed by atoms with Gasteiger partial charge in [-0.25, -0.2) is 0 Å². The fraction of sp³-hybridized carbons (Fsp3) is 0.351.